The molecule has 0 radical (unpaired) electrons. The zero-order valence-corrected chi connectivity index (χ0v) is 16.0. The fourth-order valence-electron chi connectivity index (χ4n) is 2.61. The Morgan fingerprint density at radius 3 is 2.73 bits per heavy atom. The average Bonchev–Trinajstić information content (AvgIpc) is 2.73. The summed E-state index contributed by atoms with van der Waals surface area (Å²) in [5.74, 6) is -1.31. The first-order valence-corrected chi connectivity index (χ1v) is 8.69. The number of nitro groups is 1. The van der Waals surface area contributed by atoms with Crippen LogP contribution in [0.2, 0.25) is 0 Å². The molecule has 1 atom stereocenters. The number of amides is 2. The highest BCUT2D eigenvalue weighted by molar-refractivity contribution is 6.00. The number of benzene rings is 2. The van der Waals surface area contributed by atoms with Crippen molar-refractivity contribution >= 4 is 34.8 Å². The molecule has 0 bridgehead atoms. The van der Waals surface area contributed by atoms with Crippen LogP contribution < -0.4 is 20.1 Å². The van der Waals surface area contributed by atoms with Gasteiger partial charge in [-0.1, -0.05) is 0 Å². The Morgan fingerprint density at radius 1 is 1.27 bits per heavy atom. The molecule has 1 aliphatic heterocycles. The highest BCUT2D eigenvalue weighted by atomic mass is 16.6. The van der Waals surface area contributed by atoms with Crippen LogP contribution in [0.4, 0.5) is 17.1 Å². The quantitative estimate of drug-likeness (QED) is 0.414. The minimum absolute atomic E-state index is 0.0633. The van der Waals surface area contributed by atoms with Crippen molar-refractivity contribution in [1.82, 2.24) is 0 Å². The molecule has 0 aliphatic carbocycles. The summed E-state index contributed by atoms with van der Waals surface area (Å²) in [6.07, 6.45) is -1.24. The van der Waals surface area contributed by atoms with Gasteiger partial charge in [0.1, 0.15) is 17.2 Å². The number of nitrogens with zero attached hydrogens (tertiary/aromatic N) is 1. The zero-order chi connectivity index (χ0) is 21.8. The Kier molecular flexibility index (Phi) is 5.81. The number of rotatable bonds is 6. The van der Waals surface area contributed by atoms with Crippen molar-refractivity contribution < 1.29 is 33.5 Å². The fourth-order valence-corrected chi connectivity index (χ4v) is 2.61. The smallest absolute Gasteiger partial charge is 0.339 e. The predicted molar refractivity (Wildman–Crippen MR) is 104 cm³/mol. The maximum absolute atomic E-state index is 12.4. The molecule has 1 unspecified atom stereocenters. The van der Waals surface area contributed by atoms with E-state index in [1.165, 1.54) is 44.4 Å². The van der Waals surface area contributed by atoms with Crippen LogP contribution in [0.3, 0.4) is 0 Å². The van der Waals surface area contributed by atoms with E-state index in [0.717, 1.165) is 6.07 Å². The molecule has 11 heteroatoms. The van der Waals surface area contributed by atoms with E-state index in [-0.39, 0.29) is 35.2 Å². The lowest BCUT2D eigenvalue weighted by Crippen LogP contribution is -2.30. The van der Waals surface area contributed by atoms with Crippen molar-refractivity contribution in [3.63, 3.8) is 0 Å². The number of ether oxygens (including phenoxy) is 3. The molecule has 0 fully saturated rings. The second kappa shape index (κ2) is 8.47. The molecule has 2 amide bonds. The minimum Gasteiger partial charge on any atom is -0.496 e. The van der Waals surface area contributed by atoms with E-state index in [4.69, 9.17) is 14.2 Å². The molecule has 3 rings (SSSR count). The predicted octanol–water partition coefficient (Wildman–Crippen LogP) is 2.12. The minimum atomic E-state index is -1.24. The van der Waals surface area contributed by atoms with Crippen molar-refractivity contribution in [2.45, 2.75) is 13.0 Å². The average molecular weight is 415 g/mol. The normalized spacial score (nSPS) is 13.2. The lowest BCUT2D eigenvalue weighted by molar-refractivity contribution is -0.384. The highest BCUT2D eigenvalue weighted by Crippen LogP contribution is 2.30. The van der Waals surface area contributed by atoms with Crippen molar-refractivity contribution in [3.05, 3.63) is 52.1 Å². The van der Waals surface area contributed by atoms with Crippen LogP contribution in [0.15, 0.2) is 36.4 Å². The third-order valence-corrected chi connectivity index (χ3v) is 4.16. The van der Waals surface area contributed by atoms with Crippen LogP contribution in [0, 0.1) is 10.1 Å². The molecule has 30 heavy (non-hydrogen) atoms. The summed E-state index contributed by atoms with van der Waals surface area (Å²) in [6, 6.07) is 8.21. The maximum atomic E-state index is 12.4. The van der Waals surface area contributed by atoms with Gasteiger partial charge in [0.25, 0.3) is 17.5 Å². The van der Waals surface area contributed by atoms with Crippen LogP contribution in [0.1, 0.15) is 17.3 Å². The van der Waals surface area contributed by atoms with E-state index < -0.39 is 22.9 Å². The zero-order valence-electron chi connectivity index (χ0n) is 16.0. The molecule has 1 aliphatic rings. The standard InChI is InChI=1S/C19H17N3O8/c1-10(18(24)21-13-6-4-12(28-2)8-15(13)22(26)27)30-19(25)11-3-5-14-16(7-11)29-9-17(23)20-14/h3-8,10H,9H2,1-2H3,(H,20,23)(H,21,24). The van der Waals surface area contributed by atoms with E-state index >= 15 is 0 Å². The van der Waals surface area contributed by atoms with Crippen molar-refractivity contribution in [1.29, 1.82) is 0 Å². The van der Waals surface area contributed by atoms with Crippen LogP contribution in [-0.2, 0) is 14.3 Å². The summed E-state index contributed by atoms with van der Waals surface area (Å²) in [4.78, 5) is 46.6. The molecule has 2 N–H and O–H groups in total. The molecule has 0 spiro atoms. The van der Waals surface area contributed by atoms with Gasteiger partial charge < -0.3 is 24.8 Å². The molecule has 11 nitrogen and oxygen atoms in total. The van der Waals surface area contributed by atoms with Gasteiger partial charge in [0.05, 0.1) is 29.4 Å². The van der Waals surface area contributed by atoms with E-state index in [9.17, 15) is 24.5 Å². The monoisotopic (exact) mass is 415 g/mol. The third kappa shape index (κ3) is 4.46. The molecule has 2 aromatic carbocycles. The van der Waals surface area contributed by atoms with Crippen molar-refractivity contribution in [3.8, 4) is 11.5 Å². The molecule has 2 aromatic rings. The number of methoxy groups -OCH3 is 1. The van der Waals surface area contributed by atoms with Crippen LogP contribution in [-0.4, -0.2) is 42.5 Å². The largest absolute Gasteiger partial charge is 0.496 e. The van der Waals surface area contributed by atoms with Crippen LogP contribution >= 0.6 is 0 Å². The number of esters is 1. The van der Waals surface area contributed by atoms with Gasteiger partial charge in [0.15, 0.2) is 12.7 Å². The van der Waals surface area contributed by atoms with Gasteiger partial charge in [-0.3, -0.25) is 19.7 Å². The Balaban J connectivity index is 1.68. The summed E-state index contributed by atoms with van der Waals surface area (Å²) in [5.41, 5.74) is 0.0992. The van der Waals surface area contributed by atoms with E-state index in [0.29, 0.717) is 11.4 Å². The van der Waals surface area contributed by atoms with Gasteiger partial charge in [-0.2, -0.15) is 0 Å². The number of anilines is 2. The fraction of sp³-hybridized carbons (Fsp3) is 0.211. The first-order chi connectivity index (χ1) is 14.3. The first-order valence-electron chi connectivity index (χ1n) is 8.69. The number of carbonyl (C=O) groups is 3. The second-order valence-corrected chi connectivity index (χ2v) is 6.22. The summed E-state index contributed by atoms with van der Waals surface area (Å²) in [7, 11) is 1.36. The number of nitro benzene ring substituents is 1. The number of hydrogen-bond acceptors (Lipinski definition) is 8. The van der Waals surface area contributed by atoms with Gasteiger partial charge >= 0.3 is 5.97 Å². The van der Waals surface area contributed by atoms with Gasteiger partial charge in [-0.15, -0.1) is 0 Å². The Bertz CT molecular complexity index is 1040. The lowest BCUT2D eigenvalue weighted by atomic mass is 10.1. The van der Waals surface area contributed by atoms with Gasteiger partial charge in [-0.05, 0) is 37.3 Å². The molecule has 0 saturated carbocycles. The van der Waals surface area contributed by atoms with Gasteiger partial charge in [0.2, 0.25) is 0 Å². The molecule has 1 heterocycles. The van der Waals surface area contributed by atoms with Crippen LogP contribution in [0.5, 0.6) is 11.5 Å². The van der Waals surface area contributed by atoms with E-state index in [1.807, 2.05) is 0 Å². The second-order valence-electron chi connectivity index (χ2n) is 6.22. The number of carbonyl (C=O) groups excluding carboxylic acids is 3. The SMILES string of the molecule is COc1ccc(NC(=O)C(C)OC(=O)c2ccc3c(c2)OCC(=O)N3)c([N+](=O)[O-])c1. The summed E-state index contributed by atoms with van der Waals surface area (Å²) < 4.78 is 15.3. The summed E-state index contributed by atoms with van der Waals surface area (Å²) in [5, 5.41) is 16.2. The van der Waals surface area contributed by atoms with Crippen LogP contribution in [0.25, 0.3) is 0 Å². The van der Waals surface area contributed by atoms with Crippen molar-refractivity contribution in [2.24, 2.45) is 0 Å². The third-order valence-electron chi connectivity index (χ3n) is 4.16. The Hall–Kier alpha value is -4.15. The highest BCUT2D eigenvalue weighted by Gasteiger charge is 2.24. The maximum Gasteiger partial charge on any atom is 0.339 e. The van der Waals surface area contributed by atoms with Gasteiger partial charge in [-0.25, -0.2) is 4.79 Å². The Morgan fingerprint density at radius 2 is 2.03 bits per heavy atom. The first kappa shape index (κ1) is 20.6. The number of hydrogen-bond donors (Lipinski definition) is 2. The topological polar surface area (TPSA) is 146 Å². The molecule has 0 saturated heterocycles. The molecule has 0 aromatic heterocycles. The molecular weight excluding hydrogens is 398 g/mol. The molecule has 156 valence electrons. The summed E-state index contributed by atoms with van der Waals surface area (Å²) in [6.45, 7) is 1.16. The van der Waals surface area contributed by atoms with E-state index in [1.54, 1.807) is 0 Å². The number of nitrogens with one attached hydrogen (secondary N) is 2. The van der Waals surface area contributed by atoms with Gasteiger partial charge in [0, 0.05) is 0 Å². The Labute approximate surface area is 170 Å². The molecular formula is C19H17N3O8. The summed E-state index contributed by atoms with van der Waals surface area (Å²) >= 11 is 0. The lowest BCUT2D eigenvalue weighted by Gasteiger charge is -2.19. The van der Waals surface area contributed by atoms with Crippen molar-refractivity contribution in [2.75, 3.05) is 24.4 Å². The van der Waals surface area contributed by atoms with E-state index in [2.05, 4.69) is 10.6 Å². The number of fused-ring (bicyclic) bond motifs is 1.